The van der Waals surface area contributed by atoms with Crippen LogP contribution >= 0.6 is 0 Å². The Bertz CT molecular complexity index is 782. The Kier molecular flexibility index (Phi) is 5.61. The fourth-order valence-corrected chi connectivity index (χ4v) is 3.76. The molecule has 1 aliphatic rings. The molecule has 0 spiro atoms. The quantitative estimate of drug-likeness (QED) is 0.632. The topological polar surface area (TPSA) is 26.3 Å². The lowest BCUT2D eigenvalue weighted by atomic mass is 9.73. The number of methoxy groups -OCH3 is 1. The van der Waals surface area contributed by atoms with E-state index in [4.69, 9.17) is 4.74 Å². The van der Waals surface area contributed by atoms with Gasteiger partial charge in [0.1, 0.15) is 5.75 Å². The molecular formula is C24H28O2. The third kappa shape index (κ3) is 3.90. The summed E-state index contributed by atoms with van der Waals surface area (Å²) in [5.41, 5.74) is 4.42. The maximum Gasteiger partial charge on any atom is 0.162 e. The average molecular weight is 348 g/mol. The smallest absolute Gasteiger partial charge is 0.162 e. The molecule has 0 heterocycles. The number of ether oxygens (including phenoxy) is 1. The van der Waals surface area contributed by atoms with Crippen LogP contribution in [0, 0.1) is 17.8 Å². The second-order valence-corrected chi connectivity index (χ2v) is 7.64. The van der Waals surface area contributed by atoms with E-state index in [1.807, 2.05) is 12.1 Å². The third-order valence-electron chi connectivity index (χ3n) is 5.52. The van der Waals surface area contributed by atoms with Gasteiger partial charge in [0.15, 0.2) is 5.78 Å². The highest BCUT2D eigenvalue weighted by Gasteiger charge is 2.32. The molecule has 0 aliphatic heterocycles. The summed E-state index contributed by atoms with van der Waals surface area (Å²) < 4.78 is 5.21. The first-order valence-electron chi connectivity index (χ1n) is 9.50. The molecule has 2 unspecified atom stereocenters. The molecule has 136 valence electrons. The van der Waals surface area contributed by atoms with Gasteiger partial charge in [-0.2, -0.15) is 0 Å². The second kappa shape index (κ2) is 7.90. The Morgan fingerprint density at radius 2 is 1.54 bits per heavy atom. The van der Waals surface area contributed by atoms with Crippen LogP contribution in [0.15, 0.2) is 54.1 Å². The lowest BCUT2D eigenvalue weighted by Gasteiger charge is -2.30. The molecule has 1 saturated carbocycles. The van der Waals surface area contributed by atoms with Crippen molar-refractivity contribution in [2.45, 2.75) is 33.6 Å². The van der Waals surface area contributed by atoms with Gasteiger partial charge in [0, 0.05) is 5.92 Å². The van der Waals surface area contributed by atoms with E-state index in [0.29, 0.717) is 17.6 Å². The number of carbonyl (C=O) groups excluding carboxylic acids is 1. The van der Waals surface area contributed by atoms with Crippen LogP contribution in [0.25, 0.3) is 17.2 Å². The highest BCUT2D eigenvalue weighted by Crippen LogP contribution is 2.35. The summed E-state index contributed by atoms with van der Waals surface area (Å²) in [6.45, 7) is 6.48. The molecule has 1 aliphatic carbocycles. The highest BCUT2D eigenvalue weighted by molar-refractivity contribution is 6.02. The van der Waals surface area contributed by atoms with E-state index in [1.54, 1.807) is 7.11 Å². The van der Waals surface area contributed by atoms with Crippen molar-refractivity contribution in [1.29, 1.82) is 0 Å². The standard InChI is InChI=1S/C24H28O2/c1-16(2)22-14-5-17(3)23(24(22)25)15-18-6-8-19(9-7-18)20-10-12-21(26-4)13-11-20/h6-13,15-17,22H,5,14H2,1-4H3/b23-15+. The summed E-state index contributed by atoms with van der Waals surface area (Å²) >= 11 is 0. The maximum atomic E-state index is 12.9. The van der Waals surface area contributed by atoms with E-state index < -0.39 is 0 Å². The van der Waals surface area contributed by atoms with Crippen molar-refractivity contribution in [3.8, 4) is 16.9 Å². The molecule has 3 rings (SSSR count). The van der Waals surface area contributed by atoms with Crippen molar-refractivity contribution >= 4 is 11.9 Å². The summed E-state index contributed by atoms with van der Waals surface area (Å²) in [6, 6.07) is 16.5. The molecule has 0 N–H and O–H groups in total. The molecule has 2 nitrogen and oxygen atoms in total. The Hall–Kier alpha value is -2.35. The molecule has 2 aromatic rings. The van der Waals surface area contributed by atoms with Crippen LogP contribution < -0.4 is 4.74 Å². The number of carbonyl (C=O) groups is 1. The number of allylic oxidation sites excluding steroid dienone is 1. The summed E-state index contributed by atoms with van der Waals surface area (Å²) in [7, 11) is 1.68. The molecule has 2 atom stereocenters. The molecule has 2 heteroatoms. The Balaban J connectivity index is 1.83. The van der Waals surface area contributed by atoms with Gasteiger partial charge in [0.05, 0.1) is 7.11 Å². The van der Waals surface area contributed by atoms with Crippen LogP contribution in [0.2, 0.25) is 0 Å². The third-order valence-corrected chi connectivity index (χ3v) is 5.52. The number of rotatable bonds is 4. The first kappa shape index (κ1) is 18.4. The van der Waals surface area contributed by atoms with E-state index in [2.05, 4.69) is 63.2 Å². The fraction of sp³-hybridized carbons (Fsp3) is 0.375. The number of hydrogen-bond donors (Lipinski definition) is 0. The zero-order chi connectivity index (χ0) is 18.7. The van der Waals surface area contributed by atoms with Crippen LogP contribution in [-0.4, -0.2) is 12.9 Å². The van der Waals surface area contributed by atoms with E-state index in [1.165, 1.54) is 0 Å². The van der Waals surface area contributed by atoms with Gasteiger partial charge >= 0.3 is 0 Å². The highest BCUT2D eigenvalue weighted by atomic mass is 16.5. The zero-order valence-corrected chi connectivity index (χ0v) is 16.2. The Morgan fingerprint density at radius 3 is 2.08 bits per heavy atom. The summed E-state index contributed by atoms with van der Waals surface area (Å²) in [6.07, 6.45) is 4.22. The molecule has 0 radical (unpaired) electrons. The molecule has 26 heavy (non-hydrogen) atoms. The molecule has 0 amide bonds. The summed E-state index contributed by atoms with van der Waals surface area (Å²) in [5, 5.41) is 0. The van der Waals surface area contributed by atoms with Gasteiger partial charge in [-0.05, 0) is 65.1 Å². The maximum absolute atomic E-state index is 12.9. The Labute approximate surface area is 156 Å². The van der Waals surface area contributed by atoms with Crippen molar-refractivity contribution in [2.24, 2.45) is 17.8 Å². The van der Waals surface area contributed by atoms with Crippen LogP contribution in [0.3, 0.4) is 0 Å². The predicted molar refractivity (Wildman–Crippen MR) is 108 cm³/mol. The summed E-state index contributed by atoms with van der Waals surface area (Å²) in [5.74, 6) is 2.14. The normalized spacial score (nSPS) is 22.0. The van der Waals surface area contributed by atoms with Crippen molar-refractivity contribution in [3.63, 3.8) is 0 Å². The minimum absolute atomic E-state index is 0.177. The fourth-order valence-electron chi connectivity index (χ4n) is 3.76. The number of benzene rings is 2. The minimum Gasteiger partial charge on any atom is -0.497 e. The predicted octanol–water partition coefficient (Wildman–Crippen LogP) is 6.02. The molecule has 0 aromatic heterocycles. The lowest BCUT2D eigenvalue weighted by molar-refractivity contribution is -0.122. The van der Waals surface area contributed by atoms with Gasteiger partial charge in [-0.1, -0.05) is 57.2 Å². The van der Waals surface area contributed by atoms with E-state index in [-0.39, 0.29) is 5.92 Å². The van der Waals surface area contributed by atoms with Crippen LogP contribution in [0.4, 0.5) is 0 Å². The molecular weight excluding hydrogens is 320 g/mol. The van der Waals surface area contributed by atoms with E-state index in [9.17, 15) is 4.79 Å². The van der Waals surface area contributed by atoms with Crippen molar-refractivity contribution < 1.29 is 9.53 Å². The number of Topliss-reactive ketones (excluding diaryl/α,β-unsaturated/α-hetero) is 1. The van der Waals surface area contributed by atoms with Gasteiger partial charge in [-0.3, -0.25) is 4.79 Å². The zero-order valence-electron chi connectivity index (χ0n) is 16.2. The molecule has 0 saturated heterocycles. The van der Waals surface area contributed by atoms with Crippen molar-refractivity contribution in [3.05, 3.63) is 59.7 Å². The van der Waals surface area contributed by atoms with Gasteiger partial charge in [0.2, 0.25) is 0 Å². The van der Waals surface area contributed by atoms with Gasteiger partial charge in [-0.15, -0.1) is 0 Å². The van der Waals surface area contributed by atoms with E-state index >= 15 is 0 Å². The first-order valence-corrected chi connectivity index (χ1v) is 9.50. The molecule has 0 bridgehead atoms. The van der Waals surface area contributed by atoms with Crippen LogP contribution in [-0.2, 0) is 4.79 Å². The van der Waals surface area contributed by atoms with Gasteiger partial charge in [-0.25, -0.2) is 0 Å². The molecule has 1 fully saturated rings. The van der Waals surface area contributed by atoms with E-state index in [0.717, 1.165) is 40.9 Å². The SMILES string of the molecule is COc1ccc(-c2ccc(/C=C3/C(=O)C(C(C)C)CCC3C)cc2)cc1. The monoisotopic (exact) mass is 348 g/mol. The van der Waals surface area contributed by atoms with Crippen LogP contribution in [0.5, 0.6) is 5.75 Å². The van der Waals surface area contributed by atoms with Crippen LogP contribution in [0.1, 0.15) is 39.2 Å². The number of hydrogen-bond acceptors (Lipinski definition) is 2. The number of ketones is 1. The van der Waals surface area contributed by atoms with Crippen molar-refractivity contribution in [1.82, 2.24) is 0 Å². The Morgan fingerprint density at radius 1 is 0.962 bits per heavy atom. The molecule has 2 aromatic carbocycles. The summed E-state index contributed by atoms with van der Waals surface area (Å²) in [4.78, 5) is 12.9. The first-order chi connectivity index (χ1) is 12.5. The van der Waals surface area contributed by atoms with Gasteiger partial charge < -0.3 is 4.74 Å². The van der Waals surface area contributed by atoms with Crippen molar-refractivity contribution in [2.75, 3.05) is 7.11 Å². The van der Waals surface area contributed by atoms with Gasteiger partial charge in [0.25, 0.3) is 0 Å². The lowest BCUT2D eigenvalue weighted by Crippen LogP contribution is -2.30. The largest absolute Gasteiger partial charge is 0.497 e. The average Bonchev–Trinajstić information content (AvgIpc) is 2.65. The minimum atomic E-state index is 0.177. The second-order valence-electron chi connectivity index (χ2n) is 7.64.